The number of benzene rings is 2. The number of aliphatic imine (C=N–C) groups is 1. The Morgan fingerprint density at radius 1 is 1.10 bits per heavy atom. The maximum Gasteiger partial charge on any atom is 0.305 e. The highest BCUT2D eigenvalue weighted by Gasteiger charge is 2.22. The molecule has 0 spiro atoms. The van der Waals surface area contributed by atoms with Gasteiger partial charge in [0.15, 0.2) is 5.96 Å². The van der Waals surface area contributed by atoms with Gasteiger partial charge in [-0.05, 0) is 30.3 Å². The first-order chi connectivity index (χ1) is 14.8. The molecule has 1 atom stereocenters. The van der Waals surface area contributed by atoms with E-state index >= 15 is 0 Å². The number of fused-ring (bicyclic) bond motifs is 1. The van der Waals surface area contributed by atoms with Crippen molar-refractivity contribution in [3.8, 4) is 0 Å². The Labute approximate surface area is 179 Å². The summed E-state index contributed by atoms with van der Waals surface area (Å²) in [5.74, 6) is -2.02. The monoisotopic (exact) mass is 427 g/mol. The highest BCUT2D eigenvalue weighted by Crippen LogP contribution is 2.25. The van der Waals surface area contributed by atoms with Gasteiger partial charge in [-0.1, -0.05) is 24.3 Å². The summed E-state index contributed by atoms with van der Waals surface area (Å²) in [5, 5.41) is 15.0. The largest absolute Gasteiger partial charge is 0.481 e. The lowest BCUT2D eigenvalue weighted by Crippen LogP contribution is -2.39. The number of rotatable bonds is 8. The number of hydrogen-bond acceptors (Lipinski definition) is 5. The molecule has 31 heavy (non-hydrogen) atoms. The van der Waals surface area contributed by atoms with Gasteiger partial charge in [-0.3, -0.25) is 14.4 Å². The molecular weight excluding hydrogens is 402 g/mol. The summed E-state index contributed by atoms with van der Waals surface area (Å²) in [5.41, 5.74) is 11.9. The molecule has 0 bridgehead atoms. The predicted octanol–water partition coefficient (Wildman–Crippen LogP) is 1.89. The van der Waals surface area contributed by atoms with Crippen LogP contribution in [0.5, 0.6) is 0 Å². The van der Waals surface area contributed by atoms with Crippen molar-refractivity contribution in [1.82, 2.24) is 10.6 Å². The zero-order chi connectivity index (χ0) is 22.4. The summed E-state index contributed by atoms with van der Waals surface area (Å²) in [6, 6.07) is 14.2. The van der Waals surface area contributed by atoms with Crippen molar-refractivity contribution >= 4 is 40.4 Å². The van der Waals surface area contributed by atoms with Gasteiger partial charge in [0.1, 0.15) is 11.3 Å². The molecule has 10 heteroatoms. The second-order valence-corrected chi connectivity index (χ2v) is 6.67. The maximum atomic E-state index is 12.4. The molecule has 1 aromatic heterocycles. The minimum Gasteiger partial charge on any atom is -0.481 e. The molecule has 1 heterocycles. The lowest BCUT2D eigenvalue weighted by atomic mass is 10.1. The van der Waals surface area contributed by atoms with Gasteiger partial charge in [0, 0.05) is 13.8 Å². The first-order valence-electron chi connectivity index (χ1n) is 9.29. The van der Waals surface area contributed by atoms with Gasteiger partial charge >= 0.3 is 5.97 Å². The van der Waals surface area contributed by atoms with Gasteiger partial charge in [0.25, 0.3) is 5.91 Å². The first kappa shape index (κ1) is 21.4. The third-order valence-electron chi connectivity index (χ3n) is 4.28. The number of furan rings is 1. The molecular formula is C21H25N5O5. The molecule has 0 aliphatic rings. The number of carboxylic acid groups (broad SMARTS) is 1. The van der Waals surface area contributed by atoms with E-state index in [1.54, 1.807) is 36.4 Å². The van der Waals surface area contributed by atoms with Gasteiger partial charge in [0.2, 0.25) is 5.91 Å². The standard InChI is InChI=1S/C21H21N5O5.2H2/c22-21(23)25-14-6-3-5-13(8-14)20(30)24-11-18(27)26-15(10-19(28)29)17-9-12-4-1-2-7-16(12)31-17;;/h1-9,15H,10-11H2,(H,24,30)(H,26,27)(H,28,29)(H4,22,23,25);2*1H. The molecule has 0 aliphatic heterocycles. The molecule has 3 rings (SSSR count). The van der Waals surface area contributed by atoms with Gasteiger partial charge in [-0.15, -0.1) is 0 Å². The van der Waals surface area contributed by atoms with Crippen LogP contribution in [0, 0.1) is 0 Å². The average molecular weight is 427 g/mol. The van der Waals surface area contributed by atoms with E-state index in [1.165, 1.54) is 6.07 Å². The van der Waals surface area contributed by atoms with Crippen LogP contribution in [-0.4, -0.2) is 35.4 Å². The SMILES string of the molecule is NC(N)=Nc1cccc(C(=O)NCC(=O)NC(CC(=O)O)c2cc3ccccc3o2)c1.[HH].[HH]. The van der Waals surface area contributed by atoms with Gasteiger partial charge in [0.05, 0.1) is 24.7 Å². The number of amides is 2. The quantitative estimate of drug-likeness (QED) is 0.269. The van der Waals surface area contributed by atoms with Crippen LogP contribution in [0.1, 0.15) is 31.4 Å². The topological polar surface area (TPSA) is 173 Å². The number of carbonyl (C=O) groups excluding carboxylic acids is 2. The summed E-state index contributed by atoms with van der Waals surface area (Å²) < 4.78 is 5.67. The molecule has 1 unspecified atom stereocenters. The Kier molecular flexibility index (Phi) is 6.51. The number of carboxylic acids is 1. The summed E-state index contributed by atoms with van der Waals surface area (Å²) in [4.78, 5) is 39.8. The molecule has 0 fully saturated rings. The van der Waals surface area contributed by atoms with Crippen LogP contribution >= 0.6 is 0 Å². The number of carbonyl (C=O) groups is 3. The highest BCUT2D eigenvalue weighted by molar-refractivity contribution is 5.97. The zero-order valence-electron chi connectivity index (χ0n) is 16.4. The van der Waals surface area contributed by atoms with Crippen LogP contribution in [0.3, 0.4) is 0 Å². The van der Waals surface area contributed by atoms with Crippen LogP contribution in [0.25, 0.3) is 11.0 Å². The van der Waals surface area contributed by atoms with Crippen LogP contribution in [-0.2, 0) is 9.59 Å². The Morgan fingerprint density at radius 2 is 1.87 bits per heavy atom. The van der Waals surface area contributed by atoms with Crippen LogP contribution < -0.4 is 22.1 Å². The maximum absolute atomic E-state index is 12.4. The number of nitrogens with zero attached hydrogens (tertiary/aromatic N) is 1. The van der Waals surface area contributed by atoms with E-state index in [0.29, 0.717) is 17.0 Å². The molecule has 2 amide bonds. The Hall–Kier alpha value is -4.34. The smallest absolute Gasteiger partial charge is 0.305 e. The fraction of sp³-hybridized carbons (Fsp3) is 0.143. The first-order valence-corrected chi connectivity index (χ1v) is 9.29. The van der Waals surface area contributed by atoms with E-state index in [-0.39, 0.29) is 27.3 Å². The van der Waals surface area contributed by atoms with Gasteiger partial charge in [-0.25, -0.2) is 4.99 Å². The summed E-state index contributed by atoms with van der Waals surface area (Å²) in [6.07, 6.45) is -0.375. The van der Waals surface area contributed by atoms with E-state index < -0.39 is 23.8 Å². The molecule has 0 aliphatic carbocycles. The number of hydrogen-bond donors (Lipinski definition) is 5. The minimum absolute atomic E-state index is 0. The summed E-state index contributed by atoms with van der Waals surface area (Å²) in [6.45, 7) is -0.359. The normalized spacial score (nSPS) is 11.5. The molecule has 0 saturated carbocycles. The third kappa shape index (κ3) is 5.82. The van der Waals surface area contributed by atoms with E-state index in [0.717, 1.165) is 5.39 Å². The van der Waals surface area contributed by atoms with Crippen LogP contribution in [0.2, 0.25) is 0 Å². The van der Waals surface area contributed by atoms with Crippen LogP contribution in [0.15, 0.2) is 64.0 Å². The van der Waals surface area contributed by atoms with Crippen molar-refractivity contribution in [3.05, 3.63) is 65.9 Å². The Morgan fingerprint density at radius 3 is 2.58 bits per heavy atom. The minimum atomic E-state index is -1.11. The lowest BCUT2D eigenvalue weighted by Gasteiger charge is -2.15. The molecule has 3 aromatic rings. The van der Waals surface area contributed by atoms with Crippen molar-refractivity contribution in [2.75, 3.05) is 6.54 Å². The Bertz CT molecular complexity index is 1130. The molecule has 0 radical (unpaired) electrons. The van der Waals surface area contributed by atoms with Crippen molar-refractivity contribution in [2.45, 2.75) is 12.5 Å². The predicted molar refractivity (Wildman–Crippen MR) is 118 cm³/mol. The van der Waals surface area contributed by atoms with E-state index in [4.69, 9.17) is 15.9 Å². The fourth-order valence-electron chi connectivity index (χ4n) is 2.95. The molecule has 2 aromatic carbocycles. The number of para-hydroxylation sites is 1. The summed E-state index contributed by atoms with van der Waals surface area (Å²) in [7, 11) is 0. The zero-order valence-corrected chi connectivity index (χ0v) is 16.4. The highest BCUT2D eigenvalue weighted by atomic mass is 16.4. The number of guanidine groups is 1. The van der Waals surface area contributed by atoms with Crippen LogP contribution in [0.4, 0.5) is 5.69 Å². The van der Waals surface area contributed by atoms with E-state index in [9.17, 15) is 19.5 Å². The van der Waals surface area contributed by atoms with Gasteiger partial charge in [-0.2, -0.15) is 0 Å². The third-order valence-corrected chi connectivity index (χ3v) is 4.28. The van der Waals surface area contributed by atoms with E-state index in [1.807, 2.05) is 12.1 Å². The van der Waals surface area contributed by atoms with Crippen molar-refractivity contribution in [1.29, 1.82) is 0 Å². The lowest BCUT2D eigenvalue weighted by molar-refractivity contribution is -0.137. The van der Waals surface area contributed by atoms with Crippen molar-refractivity contribution in [2.24, 2.45) is 16.5 Å². The molecule has 10 nitrogen and oxygen atoms in total. The van der Waals surface area contributed by atoms with Gasteiger partial charge < -0.3 is 31.6 Å². The van der Waals surface area contributed by atoms with E-state index in [2.05, 4.69) is 15.6 Å². The second kappa shape index (κ2) is 9.44. The Balaban J connectivity index is 0.00000272. The number of aliphatic carboxylic acids is 1. The number of nitrogens with one attached hydrogen (secondary N) is 2. The average Bonchev–Trinajstić information content (AvgIpc) is 3.15. The molecule has 0 saturated heterocycles. The second-order valence-electron chi connectivity index (χ2n) is 6.67. The fourth-order valence-corrected chi connectivity index (χ4v) is 2.95. The van der Waals surface area contributed by atoms with Crippen molar-refractivity contribution in [3.63, 3.8) is 0 Å². The number of nitrogens with two attached hydrogens (primary N) is 2. The summed E-state index contributed by atoms with van der Waals surface area (Å²) >= 11 is 0. The van der Waals surface area contributed by atoms with Crippen molar-refractivity contribution < 1.29 is 26.8 Å². The molecule has 164 valence electrons. The molecule has 7 N–H and O–H groups in total.